The van der Waals surface area contributed by atoms with Crippen molar-refractivity contribution in [3.05, 3.63) is 30.0 Å². The molecule has 0 bridgehead atoms. The van der Waals surface area contributed by atoms with Gasteiger partial charge in [0, 0.05) is 42.6 Å². The molecule has 1 aromatic carbocycles. The lowest BCUT2D eigenvalue weighted by atomic mass is 10.1. The SMILES string of the molecule is CC(C)N1CCC(Oc2ccc3[nH]c(C(=O)N4CCCC4C)cc3c2)CC1. The van der Waals surface area contributed by atoms with Crippen LogP contribution in [-0.4, -0.2) is 58.5 Å². The van der Waals surface area contributed by atoms with Gasteiger partial charge in [0.05, 0.1) is 0 Å². The molecule has 5 nitrogen and oxygen atoms in total. The number of ether oxygens (including phenoxy) is 1. The number of H-pyrrole nitrogens is 1. The Kier molecular flexibility index (Phi) is 5.13. The van der Waals surface area contributed by atoms with Crippen LogP contribution in [0, 0.1) is 0 Å². The fourth-order valence-corrected chi connectivity index (χ4v) is 4.39. The summed E-state index contributed by atoms with van der Waals surface area (Å²) < 4.78 is 6.24. The van der Waals surface area contributed by atoms with Crippen LogP contribution in [0.3, 0.4) is 0 Å². The Morgan fingerprint density at radius 2 is 1.93 bits per heavy atom. The normalized spacial score (nSPS) is 22.1. The molecule has 1 N–H and O–H groups in total. The molecular formula is C22H31N3O2. The second-order valence-corrected chi connectivity index (χ2v) is 8.37. The van der Waals surface area contributed by atoms with Gasteiger partial charge < -0.3 is 19.5 Å². The van der Waals surface area contributed by atoms with Gasteiger partial charge in [0.15, 0.2) is 0 Å². The van der Waals surface area contributed by atoms with Gasteiger partial charge in [-0.05, 0) is 70.7 Å². The van der Waals surface area contributed by atoms with Crippen LogP contribution in [0.1, 0.15) is 56.9 Å². The zero-order valence-corrected chi connectivity index (χ0v) is 16.7. The molecule has 146 valence electrons. The highest BCUT2D eigenvalue weighted by Crippen LogP contribution is 2.26. The molecule has 0 spiro atoms. The molecule has 1 amide bonds. The average molecular weight is 370 g/mol. The number of benzene rings is 1. The standard InChI is InChI=1S/C22H31N3O2/c1-15(2)24-11-8-18(9-12-24)27-19-6-7-20-17(13-19)14-21(23-20)22(26)25-10-4-5-16(25)3/h6-7,13-16,18,23H,4-5,8-12H2,1-3H3. The fourth-order valence-electron chi connectivity index (χ4n) is 4.39. The summed E-state index contributed by atoms with van der Waals surface area (Å²) in [4.78, 5) is 20.5. The predicted molar refractivity (Wildman–Crippen MR) is 108 cm³/mol. The molecule has 0 aliphatic carbocycles. The van der Waals surface area contributed by atoms with E-state index in [0.29, 0.717) is 17.8 Å². The molecule has 0 radical (unpaired) electrons. The lowest BCUT2D eigenvalue weighted by Crippen LogP contribution is -2.41. The maximum absolute atomic E-state index is 12.8. The number of nitrogens with zero attached hydrogens (tertiary/aromatic N) is 2. The van der Waals surface area contributed by atoms with Gasteiger partial charge in [0.2, 0.25) is 0 Å². The third-order valence-corrected chi connectivity index (χ3v) is 6.15. The van der Waals surface area contributed by atoms with Crippen LogP contribution in [0.15, 0.2) is 24.3 Å². The predicted octanol–water partition coefficient (Wildman–Crippen LogP) is 4.04. The van der Waals surface area contributed by atoms with Crippen molar-refractivity contribution in [1.82, 2.24) is 14.8 Å². The summed E-state index contributed by atoms with van der Waals surface area (Å²) in [6, 6.07) is 9.01. The number of aromatic amines is 1. The van der Waals surface area contributed by atoms with E-state index in [0.717, 1.165) is 62.0 Å². The van der Waals surface area contributed by atoms with Crippen molar-refractivity contribution in [2.75, 3.05) is 19.6 Å². The van der Waals surface area contributed by atoms with E-state index in [1.54, 1.807) is 0 Å². The minimum absolute atomic E-state index is 0.111. The molecule has 2 fully saturated rings. The summed E-state index contributed by atoms with van der Waals surface area (Å²) in [5.74, 6) is 1.01. The maximum Gasteiger partial charge on any atom is 0.270 e. The fraction of sp³-hybridized carbons (Fsp3) is 0.591. The van der Waals surface area contributed by atoms with Crippen LogP contribution in [0.4, 0.5) is 0 Å². The average Bonchev–Trinajstić information content (AvgIpc) is 3.27. The summed E-state index contributed by atoms with van der Waals surface area (Å²) in [5.41, 5.74) is 1.67. The first kappa shape index (κ1) is 18.4. The summed E-state index contributed by atoms with van der Waals surface area (Å²) in [6.07, 6.45) is 4.61. The monoisotopic (exact) mass is 369 g/mol. The number of carbonyl (C=O) groups excluding carboxylic acids is 1. The Balaban J connectivity index is 1.44. The van der Waals surface area contributed by atoms with Crippen LogP contribution in [0.25, 0.3) is 10.9 Å². The van der Waals surface area contributed by atoms with Gasteiger partial charge in [-0.15, -0.1) is 0 Å². The van der Waals surface area contributed by atoms with Crippen LogP contribution < -0.4 is 4.74 Å². The molecule has 1 unspecified atom stereocenters. The smallest absolute Gasteiger partial charge is 0.270 e. The van der Waals surface area contributed by atoms with Crippen molar-refractivity contribution in [1.29, 1.82) is 0 Å². The Morgan fingerprint density at radius 3 is 2.59 bits per heavy atom. The first-order valence-corrected chi connectivity index (χ1v) is 10.4. The van der Waals surface area contributed by atoms with E-state index in [2.05, 4.69) is 36.7 Å². The number of aromatic nitrogens is 1. The Morgan fingerprint density at radius 1 is 1.15 bits per heavy atom. The lowest BCUT2D eigenvalue weighted by molar-refractivity contribution is 0.0742. The number of rotatable bonds is 4. The summed E-state index contributed by atoms with van der Waals surface area (Å²) in [6.45, 7) is 9.69. The molecule has 4 rings (SSSR count). The minimum atomic E-state index is 0.111. The highest BCUT2D eigenvalue weighted by molar-refractivity contribution is 5.98. The van der Waals surface area contributed by atoms with Gasteiger partial charge in [-0.3, -0.25) is 4.79 Å². The molecule has 2 aromatic rings. The van der Waals surface area contributed by atoms with Crippen molar-refractivity contribution >= 4 is 16.8 Å². The third-order valence-electron chi connectivity index (χ3n) is 6.15. The number of likely N-dealkylation sites (tertiary alicyclic amines) is 2. The van der Waals surface area contributed by atoms with Crippen LogP contribution in [0.2, 0.25) is 0 Å². The van der Waals surface area contributed by atoms with Crippen LogP contribution in [-0.2, 0) is 0 Å². The van der Waals surface area contributed by atoms with E-state index in [9.17, 15) is 4.79 Å². The van der Waals surface area contributed by atoms with E-state index < -0.39 is 0 Å². The number of carbonyl (C=O) groups is 1. The van der Waals surface area contributed by atoms with Gasteiger partial charge in [0.25, 0.3) is 5.91 Å². The van der Waals surface area contributed by atoms with Crippen LogP contribution >= 0.6 is 0 Å². The van der Waals surface area contributed by atoms with Gasteiger partial charge in [-0.25, -0.2) is 0 Å². The number of nitrogens with one attached hydrogen (secondary N) is 1. The molecule has 27 heavy (non-hydrogen) atoms. The number of amides is 1. The van der Waals surface area contributed by atoms with Crippen molar-refractivity contribution in [2.45, 2.75) is 64.6 Å². The highest BCUT2D eigenvalue weighted by atomic mass is 16.5. The second-order valence-electron chi connectivity index (χ2n) is 8.37. The number of hydrogen-bond donors (Lipinski definition) is 1. The summed E-state index contributed by atoms with van der Waals surface area (Å²) >= 11 is 0. The lowest BCUT2D eigenvalue weighted by Gasteiger charge is -2.34. The molecule has 3 heterocycles. The molecule has 1 atom stereocenters. The molecule has 1 aromatic heterocycles. The molecule has 5 heteroatoms. The molecule has 0 saturated carbocycles. The van der Waals surface area contributed by atoms with Crippen molar-refractivity contribution in [2.24, 2.45) is 0 Å². The van der Waals surface area contributed by atoms with Crippen LogP contribution in [0.5, 0.6) is 5.75 Å². The number of hydrogen-bond acceptors (Lipinski definition) is 3. The van der Waals surface area contributed by atoms with E-state index in [1.165, 1.54) is 0 Å². The molecule has 2 aliphatic rings. The van der Waals surface area contributed by atoms with E-state index in [4.69, 9.17) is 4.74 Å². The quantitative estimate of drug-likeness (QED) is 0.885. The van der Waals surface area contributed by atoms with E-state index in [-0.39, 0.29) is 12.0 Å². The second kappa shape index (κ2) is 7.55. The first-order chi connectivity index (χ1) is 13.0. The number of fused-ring (bicyclic) bond motifs is 1. The summed E-state index contributed by atoms with van der Waals surface area (Å²) in [7, 11) is 0. The highest BCUT2D eigenvalue weighted by Gasteiger charge is 2.27. The number of piperidine rings is 1. The van der Waals surface area contributed by atoms with Gasteiger partial charge in [-0.1, -0.05) is 0 Å². The zero-order chi connectivity index (χ0) is 19.0. The van der Waals surface area contributed by atoms with Crippen molar-refractivity contribution < 1.29 is 9.53 Å². The van der Waals surface area contributed by atoms with Crippen molar-refractivity contribution in [3.8, 4) is 5.75 Å². The van der Waals surface area contributed by atoms with E-state index >= 15 is 0 Å². The topological polar surface area (TPSA) is 48.6 Å². The van der Waals surface area contributed by atoms with E-state index in [1.807, 2.05) is 23.1 Å². The maximum atomic E-state index is 12.8. The molecule has 2 aliphatic heterocycles. The Hall–Kier alpha value is -2.01. The third kappa shape index (κ3) is 3.84. The Bertz CT molecular complexity index is 805. The molecular weight excluding hydrogens is 338 g/mol. The first-order valence-electron chi connectivity index (χ1n) is 10.4. The van der Waals surface area contributed by atoms with Gasteiger partial charge >= 0.3 is 0 Å². The zero-order valence-electron chi connectivity index (χ0n) is 16.7. The summed E-state index contributed by atoms with van der Waals surface area (Å²) in [5, 5.41) is 1.04. The largest absolute Gasteiger partial charge is 0.490 e. The minimum Gasteiger partial charge on any atom is -0.490 e. The van der Waals surface area contributed by atoms with Gasteiger partial charge in [-0.2, -0.15) is 0 Å². The molecule has 2 saturated heterocycles. The Labute approximate surface area is 161 Å². The van der Waals surface area contributed by atoms with Gasteiger partial charge in [0.1, 0.15) is 17.5 Å². The van der Waals surface area contributed by atoms with Crippen molar-refractivity contribution in [3.63, 3.8) is 0 Å².